The summed E-state index contributed by atoms with van der Waals surface area (Å²) >= 11 is 0. The van der Waals surface area contributed by atoms with E-state index in [2.05, 4.69) is 13.8 Å². The molecule has 0 fully saturated rings. The van der Waals surface area contributed by atoms with E-state index in [1.165, 1.54) is 218 Å². The maximum Gasteiger partial charge on any atom is 0.345 e. The zero-order chi connectivity index (χ0) is 38.7. The van der Waals surface area contributed by atoms with E-state index in [0.717, 1.165) is 38.5 Å². The van der Waals surface area contributed by atoms with Crippen LogP contribution in [-0.2, 0) is 14.3 Å². The highest BCUT2D eigenvalue weighted by Crippen LogP contribution is 2.18. The number of aliphatic hydroxyl groups excluding tert-OH is 1. The van der Waals surface area contributed by atoms with E-state index >= 15 is 0 Å². The molecule has 0 saturated heterocycles. The fourth-order valence-corrected chi connectivity index (χ4v) is 7.75. The number of esters is 1. The number of aliphatic hydroxyl groups is 1. The van der Waals surface area contributed by atoms with Gasteiger partial charge in [-0.25, -0.2) is 9.59 Å². The number of carbonyl (C=O) groups is 2. The number of hydrogen-bond donors (Lipinski definition) is 2. The van der Waals surface area contributed by atoms with Crippen LogP contribution < -0.4 is 0 Å². The highest BCUT2D eigenvalue weighted by atomic mass is 16.6. The van der Waals surface area contributed by atoms with Gasteiger partial charge < -0.3 is 14.9 Å². The molecular weight excluding hydrogens is 657 g/mol. The number of carbonyl (C=O) groups excluding carboxylic acids is 1. The molecule has 2 N–H and O–H groups in total. The minimum atomic E-state index is -1.22. The summed E-state index contributed by atoms with van der Waals surface area (Å²) in [5.74, 6) is -1.88. The first-order valence-electron chi connectivity index (χ1n) is 24.1. The molecule has 0 aromatic rings. The fourth-order valence-electron chi connectivity index (χ4n) is 7.75. The smallest absolute Gasteiger partial charge is 0.345 e. The number of rotatable bonds is 45. The molecule has 53 heavy (non-hydrogen) atoms. The van der Waals surface area contributed by atoms with Crippen molar-refractivity contribution in [2.75, 3.05) is 0 Å². The summed E-state index contributed by atoms with van der Waals surface area (Å²) in [4.78, 5) is 24.0. The minimum absolute atomic E-state index is 0.325. The molecule has 5 heteroatoms. The largest absolute Gasteiger partial charge is 0.479 e. The van der Waals surface area contributed by atoms with Crippen molar-refractivity contribution in [1.82, 2.24) is 0 Å². The molecule has 316 valence electrons. The second-order valence-electron chi connectivity index (χ2n) is 16.8. The summed E-state index contributed by atoms with van der Waals surface area (Å²) in [6.45, 7) is 4.57. The second kappa shape index (κ2) is 43.6. The zero-order valence-corrected chi connectivity index (χ0v) is 36.0. The van der Waals surface area contributed by atoms with Crippen molar-refractivity contribution in [2.45, 2.75) is 296 Å². The van der Waals surface area contributed by atoms with Crippen LogP contribution >= 0.6 is 0 Å². The third kappa shape index (κ3) is 40.4. The molecule has 2 unspecified atom stereocenters. The van der Waals surface area contributed by atoms with Gasteiger partial charge in [-0.05, 0) is 19.3 Å². The van der Waals surface area contributed by atoms with E-state index < -0.39 is 24.1 Å². The van der Waals surface area contributed by atoms with Gasteiger partial charge in [0.15, 0.2) is 12.2 Å². The fraction of sp³-hybridized carbons (Fsp3) is 0.958. The standard InChI is InChI=1S/C48H94O5/c1-3-5-7-9-11-13-15-17-19-21-23-25-27-29-31-33-35-37-39-41-43-45(49)48(52)53-46(47(50)51)44-42-40-38-36-34-32-30-28-26-24-22-20-18-16-14-12-10-8-6-4-2/h45-46,49H,3-44H2,1-2H3,(H,50,51). The zero-order valence-electron chi connectivity index (χ0n) is 36.0. The van der Waals surface area contributed by atoms with Gasteiger partial charge in [0.1, 0.15) is 0 Å². The Balaban J connectivity index is 3.54. The first-order valence-corrected chi connectivity index (χ1v) is 24.1. The van der Waals surface area contributed by atoms with Crippen molar-refractivity contribution < 1.29 is 24.5 Å². The summed E-state index contributed by atoms with van der Waals surface area (Å²) in [5, 5.41) is 19.8. The lowest BCUT2D eigenvalue weighted by Crippen LogP contribution is -2.32. The molecule has 0 aromatic heterocycles. The van der Waals surface area contributed by atoms with Gasteiger partial charge in [0.05, 0.1) is 0 Å². The van der Waals surface area contributed by atoms with Crippen molar-refractivity contribution in [3.05, 3.63) is 0 Å². The van der Waals surface area contributed by atoms with E-state index in [4.69, 9.17) is 4.74 Å². The lowest BCUT2D eigenvalue weighted by molar-refractivity contribution is -0.170. The maximum atomic E-state index is 12.4. The van der Waals surface area contributed by atoms with Gasteiger partial charge in [0.25, 0.3) is 0 Å². The second-order valence-corrected chi connectivity index (χ2v) is 16.8. The molecular formula is C48H94O5. The van der Waals surface area contributed by atoms with Crippen LogP contribution in [0.5, 0.6) is 0 Å². The molecule has 0 aromatic carbocycles. The van der Waals surface area contributed by atoms with Crippen molar-refractivity contribution in [3.8, 4) is 0 Å². The normalized spacial score (nSPS) is 12.7. The molecule has 5 nitrogen and oxygen atoms in total. The van der Waals surface area contributed by atoms with Gasteiger partial charge in [-0.1, -0.05) is 264 Å². The first-order chi connectivity index (χ1) is 26.0. The van der Waals surface area contributed by atoms with Crippen molar-refractivity contribution >= 4 is 11.9 Å². The Morgan fingerprint density at radius 3 is 0.792 bits per heavy atom. The van der Waals surface area contributed by atoms with E-state index in [0.29, 0.717) is 12.8 Å². The molecule has 0 radical (unpaired) electrons. The Kier molecular flexibility index (Phi) is 42.7. The molecule has 0 amide bonds. The van der Waals surface area contributed by atoms with Crippen LogP contribution in [0.4, 0.5) is 0 Å². The van der Waals surface area contributed by atoms with Crippen LogP contribution in [0.1, 0.15) is 284 Å². The lowest BCUT2D eigenvalue weighted by atomic mass is 10.0. The molecule has 0 spiro atoms. The van der Waals surface area contributed by atoms with E-state index in [1.54, 1.807) is 0 Å². The van der Waals surface area contributed by atoms with Crippen molar-refractivity contribution in [2.24, 2.45) is 0 Å². The molecule has 0 heterocycles. The number of carboxylic acids is 1. The summed E-state index contributed by atoms with van der Waals surface area (Å²) in [7, 11) is 0. The van der Waals surface area contributed by atoms with Gasteiger partial charge in [0.2, 0.25) is 0 Å². The molecule has 0 bridgehead atoms. The monoisotopic (exact) mass is 751 g/mol. The Morgan fingerprint density at radius 1 is 0.358 bits per heavy atom. The third-order valence-corrected chi connectivity index (χ3v) is 11.5. The number of hydrogen-bond acceptors (Lipinski definition) is 4. The molecule has 0 rings (SSSR count). The maximum absolute atomic E-state index is 12.4. The summed E-state index contributed by atoms with van der Waals surface area (Å²) < 4.78 is 5.22. The number of aliphatic carboxylic acids is 1. The highest BCUT2D eigenvalue weighted by Gasteiger charge is 2.25. The van der Waals surface area contributed by atoms with Gasteiger partial charge in [-0.3, -0.25) is 0 Å². The third-order valence-electron chi connectivity index (χ3n) is 11.5. The number of carboxylic acid groups (broad SMARTS) is 1. The van der Waals surface area contributed by atoms with Gasteiger partial charge in [-0.15, -0.1) is 0 Å². The van der Waals surface area contributed by atoms with E-state index in [9.17, 15) is 19.8 Å². The van der Waals surface area contributed by atoms with Gasteiger partial charge >= 0.3 is 11.9 Å². The molecule has 0 aliphatic heterocycles. The van der Waals surface area contributed by atoms with E-state index in [-0.39, 0.29) is 0 Å². The predicted molar refractivity (Wildman–Crippen MR) is 229 cm³/mol. The Hall–Kier alpha value is -1.10. The van der Waals surface area contributed by atoms with Crippen molar-refractivity contribution in [3.63, 3.8) is 0 Å². The Morgan fingerprint density at radius 2 is 0.566 bits per heavy atom. The van der Waals surface area contributed by atoms with Crippen molar-refractivity contribution in [1.29, 1.82) is 0 Å². The average molecular weight is 751 g/mol. The summed E-state index contributed by atoms with van der Waals surface area (Å²) in [6.07, 6.45) is 50.7. The number of unbranched alkanes of at least 4 members (excludes halogenated alkanes) is 38. The van der Waals surface area contributed by atoms with Crippen LogP contribution in [-0.4, -0.2) is 34.4 Å². The first kappa shape index (κ1) is 51.9. The topological polar surface area (TPSA) is 83.8 Å². The van der Waals surface area contributed by atoms with Crippen LogP contribution in [0.15, 0.2) is 0 Å². The van der Waals surface area contributed by atoms with Gasteiger partial charge in [-0.2, -0.15) is 0 Å². The summed E-state index contributed by atoms with van der Waals surface area (Å²) in [6, 6.07) is 0. The van der Waals surface area contributed by atoms with Crippen LogP contribution in [0.2, 0.25) is 0 Å². The lowest BCUT2D eigenvalue weighted by Gasteiger charge is -2.16. The van der Waals surface area contributed by atoms with Crippen LogP contribution in [0.3, 0.4) is 0 Å². The predicted octanol–water partition coefficient (Wildman–Crippen LogP) is 15.8. The molecule has 2 atom stereocenters. The highest BCUT2D eigenvalue weighted by molar-refractivity contribution is 5.80. The Bertz CT molecular complexity index is 739. The molecule has 0 saturated carbocycles. The summed E-state index contributed by atoms with van der Waals surface area (Å²) in [5.41, 5.74) is 0. The minimum Gasteiger partial charge on any atom is -0.479 e. The number of ether oxygens (including phenoxy) is 1. The van der Waals surface area contributed by atoms with Crippen LogP contribution in [0.25, 0.3) is 0 Å². The van der Waals surface area contributed by atoms with Gasteiger partial charge in [0, 0.05) is 0 Å². The molecule has 0 aliphatic rings. The Labute approximate surface area is 331 Å². The van der Waals surface area contributed by atoms with Crippen LogP contribution in [0, 0.1) is 0 Å². The quantitative estimate of drug-likeness (QED) is 0.0478. The van der Waals surface area contributed by atoms with E-state index in [1.807, 2.05) is 0 Å². The SMILES string of the molecule is CCCCCCCCCCCCCCCCCCCCCCC(O)C(=O)OC(CCCCCCCCCCCCCCCCCCCCCC)C(=O)O. The average Bonchev–Trinajstić information content (AvgIpc) is 3.15. The molecule has 0 aliphatic carbocycles.